The maximum atomic E-state index is 4.40. The number of nitrogens with zero attached hydrogens (tertiary/aromatic N) is 2. The summed E-state index contributed by atoms with van der Waals surface area (Å²) in [5.41, 5.74) is 4.66. The van der Waals surface area contributed by atoms with Crippen LogP contribution >= 0.6 is 0 Å². The Morgan fingerprint density at radius 3 is 2.39 bits per heavy atom. The van der Waals surface area contributed by atoms with Crippen molar-refractivity contribution in [3.63, 3.8) is 0 Å². The molecule has 0 aliphatic carbocycles. The minimum atomic E-state index is 0.216. The van der Waals surface area contributed by atoms with E-state index in [0.717, 1.165) is 0 Å². The van der Waals surface area contributed by atoms with Gasteiger partial charge in [-0.15, -0.1) is 0 Å². The molecule has 2 heteroatoms. The lowest BCUT2D eigenvalue weighted by Gasteiger charge is -2.24. The van der Waals surface area contributed by atoms with E-state index in [0.29, 0.717) is 11.8 Å². The predicted molar refractivity (Wildman–Crippen MR) is 77.4 cm³/mol. The molecule has 0 spiro atoms. The maximum Gasteiger partial charge on any atom is 0.0991 e. The highest BCUT2D eigenvalue weighted by Crippen LogP contribution is 2.40. The van der Waals surface area contributed by atoms with Crippen LogP contribution in [0.25, 0.3) is 5.70 Å². The van der Waals surface area contributed by atoms with Gasteiger partial charge in [-0.1, -0.05) is 41.5 Å². The van der Waals surface area contributed by atoms with Crippen molar-refractivity contribution in [1.29, 1.82) is 0 Å². The molecule has 1 aromatic rings. The third-order valence-corrected chi connectivity index (χ3v) is 4.18. The average molecular weight is 246 g/mol. The second-order valence-electron chi connectivity index (χ2n) is 6.75. The quantitative estimate of drug-likeness (QED) is 0.752. The first-order valence-corrected chi connectivity index (χ1v) is 7.10. The van der Waals surface area contributed by atoms with Gasteiger partial charge in [0.05, 0.1) is 6.33 Å². The zero-order valence-electron chi connectivity index (χ0n) is 12.6. The molecular weight excluding hydrogens is 220 g/mol. The minimum absolute atomic E-state index is 0.216. The van der Waals surface area contributed by atoms with Crippen molar-refractivity contribution in [1.82, 2.24) is 9.55 Å². The second kappa shape index (κ2) is 4.56. The van der Waals surface area contributed by atoms with Crippen LogP contribution in [-0.2, 0) is 5.41 Å². The molecule has 0 unspecified atom stereocenters. The van der Waals surface area contributed by atoms with E-state index >= 15 is 0 Å². The number of hydrogen-bond donors (Lipinski definition) is 0. The monoisotopic (exact) mass is 246 g/mol. The molecule has 100 valence electrons. The van der Waals surface area contributed by atoms with Gasteiger partial charge in [-0.25, -0.2) is 4.98 Å². The number of imidazole rings is 1. The van der Waals surface area contributed by atoms with Gasteiger partial charge >= 0.3 is 0 Å². The van der Waals surface area contributed by atoms with Crippen molar-refractivity contribution in [3.8, 4) is 0 Å². The zero-order chi connectivity index (χ0) is 13.5. The zero-order valence-corrected chi connectivity index (χ0v) is 12.6. The van der Waals surface area contributed by atoms with Crippen molar-refractivity contribution >= 4 is 5.70 Å². The van der Waals surface area contributed by atoms with E-state index in [1.165, 1.54) is 24.2 Å². The number of fused-ring (bicyclic) bond motifs is 1. The molecule has 0 N–H and O–H groups in total. The van der Waals surface area contributed by atoms with Gasteiger partial charge in [0.1, 0.15) is 0 Å². The van der Waals surface area contributed by atoms with Crippen LogP contribution in [0.1, 0.15) is 60.1 Å². The fraction of sp³-hybridized carbons (Fsp3) is 0.688. The molecule has 0 saturated heterocycles. The van der Waals surface area contributed by atoms with Crippen molar-refractivity contribution in [2.24, 2.45) is 11.8 Å². The summed E-state index contributed by atoms with van der Waals surface area (Å²) in [7, 11) is 0. The van der Waals surface area contributed by atoms with Gasteiger partial charge in [-0.3, -0.25) is 0 Å². The third kappa shape index (κ3) is 2.13. The number of allylic oxidation sites excluding steroid dienone is 2. The topological polar surface area (TPSA) is 17.8 Å². The lowest BCUT2D eigenvalue weighted by Crippen LogP contribution is -2.20. The Bertz CT molecular complexity index is 461. The molecule has 0 bridgehead atoms. The molecule has 0 amide bonds. The molecule has 0 radical (unpaired) electrons. The van der Waals surface area contributed by atoms with Gasteiger partial charge in [-0.2, -0.15) is 0 Å². The Kier molecular flexibility index (Phi) is 3.39. The number of aromatic nitrogens is 2. The summed E-state index contributed by atoms with van der Waals surface area (Å²) >= 11 is 0. The van der Waals surface area contributed by atoms with Crippen LogP contribution in [0, 0.1) is 11.8 Å². The fourth-order valence-electron chi connectivity index (χ4n) is 3.08. The van der Waals surface area contributed by atoms with Crippen molar-refractivity contribution in [2.45, 2.75) is 59.8 Å². The maximum absolute atomic E-state index is 4.40. The summed E-state index contributed by atoms with van der Waals surface area (Å²) in [4.78, 5) is 4.40. The SMILES string of the molecule is CC(C)C1=C(C(C)C)n2cncc2C(C)(C)CC1. The number of rotatable bonds is 2. The molecule has 1 aromatic heterocycles. The summed E-state index contributed by atoms with van der Waals surface area (Å²) in [6.45, 7) is 13.9. The van der Waals surface area contributed by atoms with Crippen LogP contribution in [0.4, 0.5) is 0 Å². The van der Waals surface area contributed by atoms with E-state index in [9.17, 15) is 0 Å². The summed E-state index contributed by atoms with van der Waals surface area (Å²) in [5.74, 6) is 1.16. The summed E-state index contributed by atoms with van der Waals surface area (Å²) in [6.07, 6.45) is 6.47. The Hall–Kier alpha value is -1.05. The van der Waals surface area contributed by atoms with Crippen molar-refractivity contribution < 1.29 is 0 Å². The molecule has 2 heterocycles. The van der Waals surface area contributed by atoms with E-state index in [-0.39, 0.29) is 5.41 Å². The van der Waals surface area contributed by atoms with Gasteiger partial charge in [0.2, 0.25) is 0 Å². The Morgan fingerprint density at radius 2 is 1.83 bits per heavy atom. The molecule has 18 heavy (non-hydrogen) atoms. The van der Waals surface area contributed by atoms with E-state index in [1.807, 2.05) is 12.5 Å². The van der Waals surface area contributed by atoms with Crippen LogP contribution in [0.3, 0.4) is 0 Å². The normalized spacial score (nSPS) is 19.3. The van der Waals surface area contributed by atoms with Gasteiger partial charge < -0.3 is 4.57 Å². The standard InChI is InChI=1S/C16H26N2/c1-11(2)13-7-8-16(5,6)14-9-17-10-18(14)15(13)12(3)4/h9-12H,7-8H2,1-6H3. The molecule has 0 saturated carbocycles. The number of hydrogen-bond acceptors (Lipinski definition) is 1. The highest BCUT2D eigenvalue weighted by atomic mass is 15.1. The summed E-state index contributed by atoms with van der Waals surface area (Å²) < 4.78 is 2.35. The van der Waals surface area contributed by atoms with Gasteiger partial charge in [0.25, 0.3) is 0 Å². The smallest absolute Gasteiger partial charge is 0.0991 e. The lowest BCUT2D eigenvalue weighted by atomic mass is 9.82. The molecule has 0 atom stereocenters. The fourth-order valence-corrected chi connectivity index (χ4v) is 3.08. The molecule has 2 nitrogen and oxygen atoms in total. The largest absolute Gasteiger partial charge is 0.306 e. The molecule has 0 fully saturated rings. The minimum Gasteiger partial charge on any atom is -0.306 e. The molecule has 0 aromatic carbocycles. The highest BCUT2D eigenvalue weighted by molar-refractivity contribution is 5.56. The predicted octanol–water partition coefficient (Wildman–Crippen LogP) is 4.48. The lowest BCUT2D eigenvalue weighted by molar-refractivity contribution is 0.461. The van der Waals surface area contributed by atoms with Gasteiger partial charge in [0, 0.05) is 23.0 Å². The van der Waals surface area contributed by atoms with Crippen LogP contribution in [0.2, 0.25) is 0 Å². The van der Waals surface area contributed by atoms with E-state index in [1.54, 1.807) is 5.57 Å². The third-order valence-electron chi connectivity index (χ3n) is 4.18. The van der Waals surface area contributed by atoms with Crippen LogP contribution in [0.15, 0.2) is 18.1 Å². The average Bonchev–Trinajstić information content (AvgIpc) is 2.68. The molecule has 1 aliphatic rings. The highest BCUT2D eigenvalue weighted by Gasteiger charge is 2.31. The van der Waals surface area contributed by atoms with Crippen LogP contribution in [0.5, 0.6) is 0 Å². The van der Waals surface area contributed by atoms with Crippen molar-refractivity contribution in [2.75, 3.05) is 0 Å². The first kappa shape index (κ1) is 13.4. The molecule has 2 rings (SSSR count). The Morgan fingerprint density at radius 1 is 1.17 bits per heavy atom. The Labute approximate surface area is 111 Å². The van der Waals surface area contributed by atoms with E-state index < -0.39 is 0 Å². The second-order valence-corrected chi connectivity index (χ2v) is 6.75. The van der Waals surface area contributed by atoms with Gasteiger partial charge in [0.15, 0.2) is 0 Å². The van der Waals surface area contributed by atoms with E-state index in [4.69, 9.17) is 0 Å². The van der Waals surface area contributed by atoms with Crippen LogP contribution < -0.4 is 0 Å². The van der Waals surface area contributed by atoms with Gasteiger partial charge in [-0.05, 0) is 30.3 Å². The first-order chi connectivity index (χ1) is 8.34. The molecule has 1 aliphatic heterocycles. The molecular formula is C16H26N2. The summed E-state index contributed by atoms with van der Waals surface area (Å²) in [5, 5.41) is 0. The van der Waals surface area contributed by atoms with Crippen molar-refractivity contribution in [3.05, 3.63) is 23.8 Å². The Balaban J connectivity index is 2.65. The van der Waals surface area contributed by atoms with Crippen LogP contribution in [-0.4, -0.2) is 9.55 Å². The van der Waals surface area contributed by atoms with E-state index in [2.05, 4.69) is 51.1 Å². The summed E-state index contributed by atoms with van der Waals surface area (Å²) in [6, 6.07) is 0. The first-order valence-electron chi connectivity index (χ1n) is 7.10.